The van der Waals surface area contributed by atoms with E-state index in [0.717, 1.165) is 7.11 Å². The highest BCUT2D eigenvalue weighted by Gasteiger charge is 2.18. The van der Waals surface area contributed by atoms with Gasteiger partial charge in [0.05, 0.1) is 13.8 Å². The van der Waals surface area contributed by atoms with Crippen LogP contribution in [0.1, 0.15) is 35.6 Å². The van der Waals surface area contributed by atoms with E-state index in [4.69, 9.17) is 0 Å². The van der Waals surface area contributed by atoms with Crippen LogP contribution in [-0.4, -0.2) is 33.0 Å². The molecular weight excluding hydrogens is 266 g/mol. The highest BCUT2D eigenvalue weighted by atomic mass is 19.3. The van der Waals surface area contributed by atoms with E-state index in [-0.39, 0.29) is 21.5 Å². The lowest BCUT2D eigenvalue weighted by Gasteiger charge is -2.11. The van der Waals surface area contributed by atoms with Crippen molar-refractivity contribution in [2.75, 3.05) is 27.4 Å². The van der Waals surface area contributed by atoms with Crippen molar-refractivity contribution < 1.29 is 36.5 Å². The van der Waals surface area contributed by atoms with Crippen LogP contribution in [0.2, 0.25) is 0 Å². The van der Waals surface area contributed by atoms with Crippen LogP contribution in [0, 0.1) is 0 Å². The molecule has 0 aromatic carbocycles. The van der Waals surface area contributed by atoms with Crippen molar-refractivity contribution in [2.45, 2.75) is 41.2 Å². The second-order valence-corrected chi connectivity index (χ2v) is 2.49. The number of alkyl halides is 4. The zero-order valence-electron chi connectivity index (χ0n) is 9.71. The highest BCUT2D eigenvalue weighted by molar-refractivity contribution is 4.62. The summed E-state index contributed by atoms with van der Waals surface area (Å²) in [6, 6.07) is 0. The zero-order valence-corrected chi connectivity index (χ0v) is 9.71. The maximum atomic E-state index is 11.4. The predicted molar refractivity (Wildman–Crippen MR) is 62.6 cm³/mol. The van der Waals surface area contributed by atoms with Crippen LogP contribution in [0.15, 0.2) is 0 Å². The Kier molecular flexibility index (Phi) is 72.0. The minimum atomic E-state index is -1.75. The molecule has 0 rings (SSSR count). The van der Waals surface area contributed by atoms with Gasteiger partial charge >= 0.3 is 0 Å². The minimum Gasteiger partial charge on any atom is -0.251 e. The van der Waals surface area contributed by atoms with Crippen LogP contribution < -0.4 is 0 Å². The Labute approximate surface area is 106 Å². The lowest BCUT2D eigenvalue weighted by Crippen LogP contribution is -2.22. The summed E-state index contributed by atoms with van der Waals surface area (Å²) in [5, 5.41) is 0. The first-order chi connectivity index (χ1) is 7.36. The topological polar surface area (TPSA) is 18.5 Å². The normalized spacial score (nSPS) is 7.67. The number of halogens is 6. The second kappa shape index (κ2) is 36.0. The van der Waals surface area contributed by atoms with Crippen LogP contribution in [0.5, 0.6) is 0 Å². The van der Waals surface area contributed by atoms with Gasteiger partial charge in [-0.25, -0.2) is 13.2 Å². The number of hydrogen-bond donors (Lipinski definition) is 0. The molecule has 0 aromatic rings. The monoisotopic (exact) mass is 292 g/mol. The van der Waals surface area contributed by atoms with Crippen LogP contribution in [0.25, 0.3) is 0 Å². The van der Waals surface area contributed by atoms with Gasteiger partial charge < -0.3 is 0 Å². The molecule has 0 fully saturated rings. The zero-order chi connectivity index (χ0) is 14.0. The van der Waals surface area contributed by atoms with Crippen LogP contribution in [-0.2, 0) is 9.88 Å². The Morgan fingerprint density at radius 2 is 1.11 bits per heavy atom. The molecular formula is C10H26F6O2. The third-order valence-corrected chi connectivity index (χ3v) is 0.531. The SMILES string of the molecule is C.C.CC(C)(CF)OF.CCF.COF.FCF. The predicted octanol–water partition coefficient (Wildman–Crippen LogP) is 5.28. The number of hydrogen-bond acceptors (Lipinski definition) is 2. The molecule has 0 radical (unpaired) electrons. The maximum absolute atomic E-state index is 11.4. The van der Waals surface area contributed by atoms with Crippen molar-refractivity contribution >= 4 is 0 Å². The quantitative estimate of drug-likeness (QED) is 0.644. The Bertz CT molecular complexity index is 85.7. The van der Waals surface area contributed by atoms with Crippen molar-refractivity contribution in [3.05, 3.63) is 0 Å². The Hall–Kier alpha value is -0.500. The van der Waals surface area contributed by atoms with E-state index in [0.29, 0.717) is 0 Å². The van der Waals surface area contributed by atoms with E-state index in [1.54, 1.807) is 0 Å². The van der Waals surface area contributed by atoms with E-state index in [1.165, 1.54) is 20.8 Å². The van der Waals surface area contributed by atoms with Gasteiger partial charge in [-0.05, 0) is 29.8 Å². The fourth-order valence-electron chi connectivity index (χ4n) is 0.0206. The van der Waals surface area contributed by atoms with Gasteiger partial charge in [-0.3, -0.25) is 4.39 Å². The average Bonchev–Trinajstić information content (AvgIpc) is 2.21. The molecule has 18 heavy (non-hydrogen) atoms. The van der Waals surface area contributed by atoms with Gasteiger partial charge in [0.1, 0.15) is 12.3 Å². The first-order valence-electron chi connectivity index (χ1n) is 4.05. The summed E-state index contributed by atoms with van der Waals surface area (Å²) >= 11 is 0. The summed E-state index contributed by atoms with van der Waals surface area (Å²) in [4.78, 5) is 5.96. The van der Waals surface area contributed by atoms with Gasteiger partial charge in [0.15, 0.2) is 0 Å². The Balaban J connectivity index is -0.0000000284. The van der Waals surface area contributed by atoms with Crippen molar-refractivity contribution in [2.24, 2.45) is 0 Å². The van der Waals surface area contributed by atoms with Gasteiger partial charge in [-0.15, -0.1) is 0 Å². The van der Waals surface area contributed by atoms with Crippen LogP contribution in [0.3, 0.4) is 0 Å². The van der Waals surface area contributed by atoms with E-state index < -0.39 is 19.2 Å². The van der Waals surface area contributed by atoms with Gasteiger partial charge in [-0.2, -0.15) is 9.88 Å². The summed E-state index contributed by atoms with van der Waals surface area (Å²) in [5.74, 6) is 0. The van der Waals surface area contributed by atoms with Gasteiger partial charge in [0.25, 0.3) is 0 Å². The van der Waals surface area contributed by atoms with Crippen LogP contribution >= 0.6 is 0 Å². The second-order valence-electron chi connectivity index (χ2n) is 2.49. The smallest absolute Gasteiger partial charge is 0.229 e. The average molecular weight is 292 g/mol. The molecule has 0 bridgehead atoms. The number of rotatable bonds is 2. The highest BCUT2D eigenvalue weighted by Crippen LogP contribution is 2.08. The van der Waals surface area contributed by atoms with E-state index >= 15 is 0 Å². The molecule has 0 amide bonds. The van der Waals surface area contributed by atoms with Gasteiger partial charge in [0, 0.05) is 0 Å². The summed E-state index contributed by atoms with van der Waals surface area (Å²) in [6.07, 6.45) is 0. The van der Waals surface area contributed by atoms with Crippen molar-refractivity contribution in [1.29, 1.82) is 0 Å². The van der Waals surface area contributed by atoms with Gasteiger partial charge in [0.2, 0.25) is 6.93 Å². The van der Waals surface area contributed by atoms with Crippen molar-refractivity contribution in [3.63, 3.8) is 0 Å². The fraction of sp³-hybridized carbons (Fsp3) is 1.00. The summed E-state index contributed by atoms with van der Waals surface area (Å²) in [5.41, 5.74) is -1.25. The molecule has 0 heterocycles. The van der Waals surface area contributed by atoms with E-state index in [1.807, 2.05) is 0 Å². The summed E-state index contributed by atoms with van der Waals surface area (Å²) < 4.78 is 61.8. The molecule has 8 heteroatoms. The molecule has 0 saturated heterocycles. The molecule has 0 spiro atoms. The molecule has 0 aliphatic heterocycles. The molecule has 0 N–H and O–H groups in total. The van der Waals surface area contributed by atoms with E-state index in [9.17, 15) is 26.6 Å². The fourth-order valence-corrected chi connectivity index (χ4v) is 0.0206. The lowest BCUT2D eigenvalue weighted by molar-refractivity contribution is -0.226. The third kappa shape index (κ3) is 108. The molecule has 2 nitrogen and oxygen atoms in total. The van der Waals surface area contributed by atoms with Crippen LogP contribution in [0.4, 0.5) is 26.6 Å². The molecule has 0 aliphatic rings. The summed E-state index contributed by atoms with van der Waals surface area (Å²) in [7, 11) is 0.958. The van der Waals surface area contributed by atoms with Gasteiger partial charge in [-0.1, -0.05) is 14.9 Å². The Morgan fingerprint density at radius 1 is 0.944 bits per heavy atom. The molecule has 0 aromatic heterocycles. The largest absolute Gasteiger partial charge is 0.251 e. The summed E-state index contributed by atoms with van der Waals surface area (Å²) in [6.45, 7) is 1.31. The molecule has 0 saturated carbocycles. The van der Waals surface area contributed by atoms with Crippen molar-refractivity contribution in [3.8, 4) is 0 Å². The first-order valence-corrected chi connectivity index (χ1v) is 4.05. The first kappa shape index (κ1) is 36.0. The molecule has 120 valence electrons. The molecule has 0 unspecified atom stereocenters. The minimum absolute atomic E-state index is 0. The standard InChI is InChI=1S/C4H8F2O.C2H5F.CH2F2.CH3FO.2CH4/c1-4(2,3-5)7-6;1-2-3;2-1-3;1-3-2;;/h3H2,1-2H3;2H2,1H3;1H2;1H3;2*1H4. The maximum Gasteiger partial charge on any atom is 0.229 e. The Morgan fingerprint density at radius 3 is 1.11 bits per heavy atom. The third-order valence-electron chi connectivity index (χ3n) is 0.531. The van der Waals surface area contributed by atoms with Crippen molar-refractivity contribution in [1.82, 2.24) is 0 Å². The molecule has 0 aliphatic carbocycles. The lowest BCUT2D eigenvalue weighted by atomic mass is 10.2. The van der Waals surface area contributed by atoms with E-state index in [2.05, 4.69) is 9.88 Å². The molecule has 0 atom stereocenters.